The maximum atomic E-state index is 10.5. The van der Waals surface area contributed by atoms with Gasteiger partial charge in [-0.3, -0.25) is 0 Å². The second-order valence-electron chi connectivity index (χ2n) is 2.67. The highest BCUT2D eigenvalue weighted by Crippen LogP contribution is 1.92. The van der Waals surface area contributed by atoms with E-state index < -0.39 is 0 Å². The van der Waals surface area contributed by atoms with Crippen LogP contribution in [0.25, 0.3) is 0 Å². The molecule has 0 saturated carbocycles. The number of hydrogen-bond acceptors (Lipinski definition) is 1. The van der Waals surface area contributed by atoms with Gasteiger partial charge in [-0.25, -0.2) is 0 Å². The summed E-state index contributed by atoms with van der Waals surface area (Å²) in [6.45, 7) is 5.16. The number of ketones is 1. The predicted molar refractivity (Wildman–Crippen MR) is 57.5 cm³/mol. The van der Waals surface area contributed by atoms with Crippen molar-refractivity contribution in [3.05, 3.63) is 49.1 Å². The highest BCUT2D eigenvalue weighted by molar-refractivity contribution is 5.75. The highest BCUT2D eigenvalue weighted by Gasteiger charge is 1.86. The Hall–Kier alpha value is -1.37. The van der Waals surface area contributed by atoms with Gasteiger partial charge in [0.2, 0.25) is 0 Å². The van der Waals surface area contributed by atoms with Crippen molar-refractivity contribution in [3.8, 4) is 0 Å². The fourth-order valence-corrected chi connectivity index (χ4v) is 0.732. The van der Waals surface area contributed by atoms with Crippen molar-refractivity contribution in [2.24, 2.45) is 0 Å². The third-order valence-corrected chi connectivity index (χ3v) is 1.38. The minimum Gasteiger partial charge on any atom is -0.300 e. The first-order valence-electron chi connectivity index (χ1n) is 4.37. The zero-order valence-corrected chi connectivity index (χ0v) is 8.07. The van der Waals surface area contributed by atoms with Crippen molar-refractivity contribution >= 4 is 5.78 Å². The van der Waals surface area contributed by atoms with E-state index in [0.29, 0.717) is 6.42 Å². The molecule has 0 aliphatic carbocycles. The van der Waals surface area contributed by atoms with Crippen LogP contribution in [0.3, 0.4) is 0 Å². The third kappa shape index (κ3) is 10.6. The minimum absolute atomic E-state index is 0.236. The van der Waals surface area contributed by atoms with Gasteiger partial charge in [0, 0.05) is 6.42 Å². The van der Waals surface area contributed by atoms with Crippen LogP contribution in [0.4, 0.5) is 0 Å². The molecule has 0 saturated heterocycles. The first kappa shape index (κ1) is 11.6. The summed E-state index contributed by atoms with van der Waals surface area (Å²) in [4.78, 5) is 10.5. The number of Topliss-reactive ketones (excluding diaryl/α,β-unsaturated/α-hetero) is 1. The van der Waals surface area contributed by atoms with Gasteiger partial charge in [-0.15, -0.1) is 0 Å². The smallest absolute Gasteiger partial charge is 0.130 e. The average molecular weight is 176 g/mol. The van der Waals surface area contributed by atoms with Gasteiger partial charge in [0.25, 0.3) is 0 Å². The second kappa shape index (κ2) is 8.72. The molecular weight excluding hydrogens is 160 g/mol. The van der Waals surface area contributed by atoms with E-state index in [4.69, 9.17) is 0 Å². The molecule has 0 fully saturated rings. The maximum absolute atomic E-state index is 10.5. The molecule has 0 N–H and O–H groups in total. The second-order valence-corrected chi connectivity index (χ2v) is 2.67. The molecule has 0 unspecified atom stereocenters. The van der Waals surface area contributed by atoms with Crippen LogP contribution in [-0.2, 0) is 4.79 Å². The number of hydrogen-bond donors (Lipinski definition) is 0. The van der Waals surface area contributed by atoms with Gasteiger partial charge in [-0.2, -0.15) is 0 Å². The molecule has 0 amide bonds. The molecule has 13 heavy (non-hydrogen) atoms. The molecule has 0 atom stereocenters. The largest absolute Gasteiger partial charge is 0.300 e. The lowest BCUT2D eigenvalue weighted by Gasteiger charge is -1.85. The van der Waals surface area contributed by atoms with Crippen LogP contribution in [0.1, 0.15) is 19.8 Å². The average Bonchev–Trinajstić information content (AvgIpc) is 2.09. The van der Waals surface area contributed by atoms with E-state index in [1.54, 1.807) is 13.0 Å². The van der Waals surface area contributed by atoms with Crippen LogP contribution in [0.15, 0.2) is 49.1 Å². The molecule has 0 rings (SSSR count). The van der Waals surface area contributed by atoms with Crippen LogP contribution in [0, 0.1) is 0 Å². The van der Waals surface area contributed by atoms with Gasteiger partial charge >= 0.3 is 0 Å². The molecule has 1 heteroatoms. The Morgan fingerprint density at radius 3 is 2.38 bits per heavy atom. The molecule has 0 aliphatic heterocycles. The number of carbonyl (C=O) groups excluding carboxylic acids is 1. The lowest BCUT2D eigenvalue weighted by atomic mass is 10.2. The summed E-state index contributed by atoms with van der Waals surface area (Å²) in [6, 6.07) is 0. The van der Waals surface area contributed by atoms with Crippen LogP contribution < -0.4 is 0 Å². The normalized spacial score (nSPS) is 11.8. The van der Waals surface area contributed by atoms with E-state index in [1.807, 2.05) is 36.5 Å². The summed E-state index contributed by atoms with van der Waals surface area (Å²) in [5, 5.41) is 0. The summed E-state index contributed by atoms with van der Waals surface area (Å²) < 4.78 is 0. The predicted octanol–water partition coefficient (Wildman–Crippen LogP) is 3.21. The van der Waals surface area contributed by atoms with E-state index in [1.165, 1.54) is 0 Å². The molecule has 0 heterocycles. The van der Waals surface area contributed by atoms with Crippen LogP contribution in [0.5, 0.6) is 0 Å². The number of allylic oxidation sites excluding steroid dienone is 7. The summed E-state index contributed by atoms with van der Waals surface area (Å²) >= 11 is 0. The quantitative estimate of drug-likeness (QED) is 0.568. The fourth-order valence-electron chi connectivity index (χ4n) is 0.732. The molecule has 70 valence electrons. The Labute approximate surface area is 80.2 Å². The molecule has 0 aromatic rings. The third-order valence-electron chi connectivity index (χ3n) is 1.38. The van der Waals surface area contributed by atoms with Crippen molar-refractivity contribution in [2.45, 2.75) is 19.8 Å². The Morgan fingerprint density at radius 1 is 1.15 bits per heavy atom. The Balaban J connectivity index is 3.51. The Morgan fingerprint density at radius 2 is 1.77 bits per heavy atom. The minimum atomic E-state index is 0.236. The van der Waals surface area contributed by atoms with Gasteiger partial charge in [-0.05, 0) is 13.3 Å². The lowest BCUT2D eigenvalue weighted by molar-refractivity contribution is -0.116. The lowest BCUT2D eigenvalue weighted by Crippen LogP contribution is -1.85. The topological polar surface area (TPSA) is 17.1 Å². The zero-order chi connectivity index (χ0) is 9.94. The van der Waals surface area contributed by atoms with Crippen LogP contribution >= 0.6 is 0 Å². The summed E-state index contributed by atoms with van der Waals surface area (Å²) in [6.07, 6.45) is 14.7. The molecule has 0 spiro atoms. The molecule has 0 aliphatic rings. The van der Waals surface area contributed by atoms with E-state index in [0.717, 1.165) is 6.42 Å². The fraction of sp³-hybridized carbons (Fsp3) is 0.250. The molecule has 0 aromatic carbocycles. The highest BCUT2D eigenvalue weighted by atomic mass is 16.1. The van der Waals surface area contributed by atoms with Crippen LogP contribution in [-0.4, -0.2) is 5.78 Å². The Bertz CT molecular complexity index is 232. The molecular formula is C12H16O. The molecule has 0 bridgehead atoms. The van der Waals surface area contributed by atoms with E-state index in [9.17, 15) is 4.79 Å². The van der Waals surface area contributed by atoms with Crippen molar-refractivity contribution in [1.29, 1.82) is 0 Å². The molecule has 1 nitrogen and oxygen atoms in total. The van der Waals surface area contributed by atoms with Gasteiger partial charge in [0.1, 0.15) is 5.78 Å². The summed E-state index contributed by atoms with van der Waals surface area (Å²) in [5.41, 5.74) is 0. The zero-order valence-electron chi connectivity index (χ0n) is 8.07. The van der Waals surface area contributed by atoms with E-state index in [-0.39, 0.29) is 5.78 Å². The van der Waals surface area contributed by atoms with E-state index >= 15 is 0 Å². The van der Waals surface area contributed by atoms with Crippen molar-refractivity contribution < 1.29 is 4.79 Å². The summed E-state index contributed by atoms with van der Waals surface area (Å²) in [5.74, 6) is 0.236. The van der Waals surface area contributed by atoms with E-state index in [2.05, 4.69) is 6.58 Å². The maximum Gasteiger partial charge on any atom is 0.130 e. The van der Waals surface area contributed by atoms with Gasteiger partial charge in [0.15, 0.2) is 0 Å². The van der Waals surface area contributed by atoms with Crippen molar-refractivity contribution in [2.75, 3.05) is 0 Å². The van der Waals surface area contributed by atoms with Gasteiger partial charge in [-0.1, -0.05) is 49.1 Å². The first-order chi connectivity index (χ1) is 6.27. The summed E-state index contributed by atoms with van der Waals surface area (Å²) in [7, 11) is 0. The monoisotopic (exact) mass is 176 g/mol. The molecule has 0 aromatic heterocycles. The number of carbonyl (C=O) groups is 1. The Kier molecular flexibility index (Phi) is 7.80. The van der Waals surface area contributed by atoms with Crippen molar-refractivity contribution in [3.63, 3.8) is 0 Å². The van der Waals surface area contributed by atoms with Gasteiger partial charge in [0.05, 0.1) is 0 Å². The van der Waals surface area contributed by atoms with Gasteiger partial charge < -0.3 is 4.79 Å². The SMILES string of the molecule is C=CC=CC=CC=CCCC(C)=O. The molecule has 0 radical (unpaired) electrons. The van der Waals surface area contributed by atoms with Crippen LogP contribution in [0.2, 0.25) is 0 Å². The van der Waals surface area contributed by atoms with Crippen molar-refractivity contribution in [1.82, 2.24) is 0 Å². The standard InChI is InChI=1S/C12H16O/c1-3-4-5-6-7-8-9-10-11-12(2)13/h3-9H,1,10-11H2,2H3. The number of rotatable bonds is 6. The first-order valence-corrected chi connectivity index (χ1v) is 4.37.